The SMILES string of the molecule is C=CC1CCCCC1c1ccccc1. The maximum atomic E-state index is 3.96. The molecule has 0 heteroatoms. The fourth-order valence-electron chi connectivity index (χ4n) is 2.56. The molecule has 2 atom stereocenters. The van der Waals surface area contributed by atoms with E-state index in [1.165, 1.54) is 31.2 Å². The fourth-order valence-corrected chi connectivity index (χ4v) is 2.56. The van der Waals surface area contributed by atoms with Gasteiger partial charge >= 0.3 is 0 Å². The minimum atomic E-state index is 0.700. The van der Waals surface area contributed by atoms with Gasteiger partial charge in [-0.3, -0.25) is 0 Å². The summed E-state index contributed by atoms with van der Waals surface area (Å²) < 4.78 is 0. The zero-order valence-corrected chi connectivity index (χ0v) is 8.65. The summed E-state index contributed by atoms with van der Waals surface area (Å²) in [5.41, 5.74) is 1.50. The van der Waals surface area contributed by atoms with E-state index in [1.54, 1.807) is 0 Å². The molecule has 1 aromatic carbocycles. The molecule has 1 aliphatic carbocycles. The van der Waals surface area contributed by atoms with Gasteiger partial charge in [0.15, 0.2) is 0 Å². The van der Waals surface area contributed by atoms with E-state index in [0.717, 1.165) is 5.92 Å². The van der Waals surface area contributed by atoms with Crippen LogP contribution in [0.1, 0.15) is 37.2 Å². The minimum Gasteiger partial charge on any atom is -0.103 e. The van der Waals surface area contributed by atoms with Crippen molar-refractivity contribution < 1.29 is 0 Å². The standard InChI is InChI=1S/C14H18/c1-2-12-8-6-7-11-14(12)13-9-4-3-5-10-13/h2-5,9-10,12,14H,1,6-8,11H2. The van der Waals surface area contributed by atoms with Crippen molar-refractivity contribution in [2.24, 2.45) is 5.92 Å². The van der Waals surface area contributed by atoms with Gasteiger partial charge in [0.2, 0.25) is 0 Å². The van der Waals surface area contributed by atoms with Crippen molar-refractivity contribution in [3.8, 4) is 0 Å². The molecule has 0 aromatic heterocycles. The maximum Gasteiger partial charge on any atom is -0.00991 e. The number of benzene rings is 1. The molecular weight excluding hydrogens is 168 g/mol. The predicted molar refractivity (Wildman–Crippen MR) is 61.3 cm³/mol. The van der Waals surface area contributed by atoms with Gasteiger partial charge in [0.25, 0.3) is 0 Å². The molecule has 1 aliphatic rings. The monoisotopic (exact) mass is 186 g/mol. The van der Waals surface area contributed by atoms with Crippen molar-refractivity contribution in [1.82, 2.24) is 0 Å². The third-order valence-electron chi connectivity index (χ3n) is 3.35. The van der Waals surface area contributed by atoms with Gasteiger partial charge in [0, 0.05) is 0 Å². The Hall–Kier alpha value is -1.04. The largest absolute Gasteiger partial charge is 0.103 e. The fraction of sp³-hybridized carbons (Fsp3) is 0.429. The van der Waals surface area contributed by atoms with E-state index in [1.807, 2.05) is 0 Å². The lowest BCUT2D eigenvalue weighted by atomic mass is 9.76. The summed E-state index contributed by atoms with van der Waals surface area (Å²) in [6.07, 6.45) is 7.56. The quantitative estimate of drug-likeness (QED) is 0.609. The minimum absolute atomic E-state index is 0.700. The van der Waals surface area contributed by atoms with E-state index in [0.29, 0.717) is 5.92 Å². The number of hydrogen-bond acceptors (Lipinski definition) is 0. The highest BCUT2D eigenvalue weighted by atomic mass is 14.3. The van der Waals surface area contributed by atoms with Crippen LogP contribution in [-0.2, 0) is 0 Å². The highest BCUT2D eigenvalue weighted by Crippen LogP contribution is 2.37. The Morgan fingerprint density at radius 1 is 1.07 bits per heavy atom. The summed E-state index contributed by atoms with van der Waals surface area (Å²) >= 11 is 0. The summed E-state index contributed by atoms with van der Waals surface area (Å²) in [6.45, 7) is 3.96. The van der Waals surface area contributed by atoms with Crippen molar-refractivity contribution in [3.63, 3.8) is 0 Å². The van der Waals surface area contributed by atoms with E-state index < -0.39 is 0 Å². The number of rotatable bonds is 2. The molecule has 0 nitrogen and oxygen atoms in total. The Morgan fingerprint density at radius 2 is 1.79 bits per heavy atom. The smallest absolute Gasteiger partial charge is 0.00991 e. The first-order valence-corrected chi connectivity index (χ1v) is 5.59. The molecule has 1 aromatic rings. The topological polar surface area (TPSA) is 0 Å². The molecular formula is C14H18. The van der Waals surface area contributed by atoms with Crippen LogP contribution in [0.5, 0.6) is 0 Å². The Bertz CT molecular complexity index is 286. The highest BCUT2D eigenvalue weighted by Gasteiger charge is 2.23. The Labute approximate surface area is 86.7 Å². The lowest BCUT2D eigenvalue weighted by molar-refractivity contribution is 0.362. The van der Waals surface area contributed by atoms with E-state index in [9.17, 15) is 0 Å². The first-order valence-electron chi connectivity index (χ1n) is 5.59. The average molecular weight is 186 g/mol. The van der Waals surface area contributed by atoms with Crippen molar-refractivity contribution in [1.29, 1.82) is 0 Å². The van der Waals surface area contributed by atoms with Crippen LogP contribution >= 0.6 is 0 Å². The van der Waals surface area contributed by atoms with Gasteiger partial charge in [0.1, 0.15) is 0 Å². The molecule has 0 spiro atoms. The van der Waals surface area contributed by atoms with E-state index >= 15 is 0 Å². The first kappa shape index (κ1) is 9.51. The Balaban J connectivity index is 2.19. The summed E-state index contributed by atoms with van der Waals surface area (Å²) in [4.78, 5) is 0. The lowest BCUT2D eigenvalue weighted by Crippen LogP contribution is -2.15. The molecule has 14 heavy (non-hydrogen) atoms. The Kier molecular flexibility index (Phi) is 3.03. The molecule has 1 fully saturated rings. The molecule has 0 heterocycles. The highest BCUT2D eigenvalue weighted by molar-refractivity contribution is 5.22. The predicted octanol–water partition coefficient (Wildman–Crippen LogP) is 4.15. The normalized spacial score (nSPS) is 27.1. The zero-order valence-electron chi connectivity index (χ0n) is 8.65. The molecule has 0 saturated heterocycles. The molecule has 74 valence electrons. The molecule has 0 bridgehead atoms. The van der Waals surface area contributed by atoms with Crippen LogP contribution < -0.4 is 0 Å². The molecule has 0 N–H and O–H groups in total. The molecule has 0 aliphatic heterocycles. The van der Waals surface area contributed by atoms with Crippen molar-refractivity contribution in [2.75, 3.05) is 0 Å². The third-order valence-corrected chi connectivity index (χ3v) is 3.35. The average Bonchev–Trinajstić information content (AvgIpc) is 2.30. The zero-order chi connectivity index (χ0) is 9.80. The second-order valence-electron chi connectivity index (χ2n) is 4.20. The van der Waals surface area contributed by atoms with E-state index in [4.69, 9.17) is 0 Å². The van der Waals surface area contributed by atoms with Crippen LogP contribution in [0.2, 0.25) is 0 Å². The summed E-state index contributed by atoms with van der Waals surface area (Å²) in [6, 6.07) is 10.9. The van der Waals surface area contributed by atoms with Crippen LogP contribution in [0.4, 0.5) is 0 Å². The number of hydrogen-bond donors (Lipinski definition) is 0. The van der Waals surface area contributed by atoms with Crippen molar-refractivity contribution in [2.45, 2.75) is 31.6 Å². The molecule has 1 saturated carbocycles. The van der Waals surface area contributed by atoms with Crippen LogP contribution in [-0.4, -0.2) is 0 Å². The summed E-state index contributed by atoms with van der Waals surface area (Å²) in [5.74, 6) is 1.42. The van der Waals surface area contributed by atoms with Crippen molar-refractivity contribution in [3.05, 3.63) is 48.6 Å². The third kappa shape index (κ3) is 1.89. The Morgan fingerprint density at radius 3 is 2.50 bits per heavy atom. The molecule has 0 radical (unpaired) electrons. The van der Waals surface area contributed by atoms with E-state index in [2.05, 4.69) is 43.0 Å². The van der Waals surface area contributed by atoms with Crippen LogP contribution in [0.3, 0.4) is 0 Å². The lowest BCUT2D eigenvalue weighted by Gasteiger charge is -2.29. The van der Waals surface area contributed by atoms with Gasteiger partial charge < -0.3 is 0 Å². The summed E-state index contributed by atoms with van der Waals surface area (Å²) in [7, 11) is 0. The van der Waals surface area contributed by atoms with Gasteiger partial charge in [-0.25, -0.2) is 0 Å². The van der Waals surface area contributed by atoms with Gasteiger partial charge in [-0.2, -0.15) is 0 Å². The molecule has 2 unspecified atom stereocenters. The second kappa shape index (κ2) is 4.45. The molecule has 0 amide bonds. The van der Waals surface area contributed by atoms with E-state index in [-0.39, 0.29) is 0 Å². The van der Waals surface area contributed by atoms with Gasteiger partial charge in [-0.15, -0.1) is 6.58 Å². The summed E-state index contributed by atoms with van der Waals surface area (Å²) in [5, 5.41) is 0. The van der Waals surface area contributed by atoms with Crippen LogP contribution in [0, 0.1) is 5.92 Å². The first-order chi connectivity index (χ1) is 6.92. The van der Waals surface area contributed by atoms with Gasteiger partial charge in [-0.05, 0) is 30.2 Å². The van der Waals surface area contributed by atoms with Crippen LogP contribution in [0.15, 0.2) is 43.0 Å². The number of allylic oxidation sites excluding steroid dienone is 1. The van der Waals surface area contributed by atoms with Crippen LogP contribution in [0.25, 0.3) is 0 Å². The van der Waals surface area contributed by atoms with Gasteiger partial charge in [-0.1, -0.05) is 49.2 Å². The second-order valence-corrected chi connectivity index (χ2v) is 4.20. The van der Waals surface area contributed by atoms with Crippen molar-refractivity contribution >= 4 is 0 Å². The molecule has 2 rings (SSSR count). The maximum absolute atomic E-state index is 3.96. The van der Waals surface area contributed by atoms with Gasteiger partial charge in [0.05, 0.1) is 0 Å².